The van der Waals surface area contributed by atoms with E-state index in [1.54, 1.807) is 19.3 Å². The molecule has 130 valence electrons. The second-order valence-corrected chi connectivity index (χ2v) is 5.36. The van der Waals surface area contributed by atoms with Crippen LogP contribution in [0.15, 0.2) is 60.7 Å². The van der Waals surface area contributed by atoms with E-state index in [2.05, 4.69) is 5.32 Å². The van der Waals surface area contributed by atoms with E-state index in [9.17, 15) is 9.59 Å². The average molecular weight is 339 g/mol. The average Bonchev–Trinajstić information content (AvgIpc) is 2.65. The molecule has 0 aromatic heterocycles. The fraction of sp³-hybridized carbons (Fsp3) is 0.200. The number of hydrogen-bond donors (Lipinski definition) is 1. The minimum atomic E-state index is -0.876. The smallest absolute Gasteiger partial charge is 0.331 e. The van der Waals surface area contributed by atoms with Crippen LogP contribution < -0.4 is 10.1 Å². The van der Waals surface area contributed by atoms with E-state index >= 15 is 0 Å². The highest BCUT2D eigenvalue weighted by Gasteiger charge is 2.16. The van der Waals surface area contributed by atoms with Crippen molar-refractivity contribution in [1.82, 2.24) is 5.32 Å². The van der Waals surface area contributed by atoms with Crippen molar-refractivity contribution in [1.29, 1.82) is 0 Å². The van der Waals surface area contributed by atoms with Gasteiger partial charge in [-0.1, -0.05) is 48.5 Å². The Morgan fingerprint density at radius 2 is 1.76 bits per heavy atom. The molecule has 1 N–H and O–H groups in total. The van der Waals surface area contributed by atoms with Crippen molar-refractivity contribution >= 4 is 18.0 Å². The molecular formula is C20H21NO4. The minimum Gasteiger partial charge on any atom is -0.496 e. The Morgan fingerprint density at radius 1 is 1.08 bits per heavy atom. The van der Waals surface area contributed by atoms with Crippen LogP contribution in [0.2, 0.25) is 0 Å². The molecule has 5 nitrogen and oxygen atoms in total. The third kappa shape index (κ3) is 5.80. The highest BCUT2D eigenvalue weighted by molar-refractivity contribution is 5.90. The van der Waals surface area contributed by atoms with Crippen LogP contribution in [0.4, 0.5) is 0 Å². The van der Waals surface area contributed by atoms with E-state index in [0.717, 1.165) is 11.1 Å². The van der Waals surface area contributed by atoms with Crippen molar-refractivity contribution in [3.63, 3.8) is 0 Å². The van der Waals surface area contributed by atoms with Crippen molar-refractivity contribution in [3.8, 4) is 5.75 Å². The molecule has 2 aromatic carbocycles. The lowest BCUT2D eigenvalue weighted by molar-refractivity contribution is -0.150. The van der Waals surface area contributed by atoms with E-state index < -0.39 is 12.1 Å². The number of carbonyl (C=O) groups is 2. The van der Waals surface area contributed by atoms with E-state index in [-0.39, 0.29) is 5.91 Å². The molecule has 25 heavy (non-hydrogen) atoms. The molecule has 0 aliphatic rings. The monoisotopic (exact) mass is 339 g/mol. The number of para-hydroxylation sites is 1. The third-order valence-corrected chi connectivity index (χ3v) is 3.51. The molecule has 1 amide bonds. The van der Waals surface area contributed by atoms with Crippen LogP contribution in [0.3, 0.4) is 0 Å². The molecule has 1 atom stereocenters. The molecule has 2 rings (SSSR count). The summed E-state index contributed by atoms with van der Waals surface area (Å²) in [6.45, 7) is 1.92. The van der Waals surface area contributed by atoms with Gasteiger partial charge in [-0.2, -0.15) is 0 Å². The van der Waals surface area contributed by atoms with Crippen LogP contribution >= 0.6 is 0 Å². The largest absolute Gasteiger partial charge is 0.496 e. The Balaban J connectivity index is 1.84. The van der Waals surface area contributed by atoms with Crippen LogP contribution in [-0.2, 0) is 20.9 Å². The maximum Gasteiger partial charge on any atom is 0.331 e. The third-order valence-electron chi connectivity index (χ3n) is 3.51. The Hall–Kier alpha value is -3.08. The molecule has 0 radical (unpaired) electrons. The number of nitrogens with one attached hydrogen (secondary N) is 1. The van der Waals surface area contributed by atoms with Gasteiger partial charge in [0.2, 0.25) is 0 Å². The maximum absolute atomic E-state index is 12.0. The summed E-state index contributed by atoms with van der Waals surface area (Å²) in [5, 5.41) is 2.74. The van der Waals surface area contributed by atoms with Gasteiger partial charge in [0.05, 0.1) is 7.11 Å². The first-order valence-electron chi connectivity index (χ1n) is 7.93. The fourth-order valence-electron chi connectivity index (χ4n) is 2.16. The van der Waals surface area contributed by atoms with Gasteiger partial charge in [-0.05, 0) is 24.6 Å². The van der Waals surface area contributed by atoms with Crippen molar-refractivity contribution in [2.24, 2.45) is 0 Å². The molecule has 0 unspecified atom stereocenters. The zero-order valence-corrected chi connectivity index (χ0v) is 14.3. The molecule has 0 bridgehead atoms. The van der Waals surface area contributed by atoms with Crippen molar-refractivity contribution in [3.05, 3.63) is 71.8 Å². The first kappa shape index (κ1) is 18.3. The first-order chi connectivity index (χ1) is 12.1. The summed E-state index contributed by atoms with van der Waals surface area (Å²) >= 11 is 0. The second-order valence-electron chi connectivity index (χ2n) is 5.36. The molecule has 0 spiro atoms. The van der Waals surface area contributed by atoms with Gasteiger partial charge in [0.15, 0.2) is 6.10 Å². The zero-order valence-electron chi connectivity index (χ0n) is 14.3. The summed E-state index contributed by atoms with van der Waals surface area (Å²) in [5.41, 5.74) is 1.73. The second kappa shape index (κ2) is 9.27. The van der Waals surface area contributed by atoms with Crippen LogP contribution in [-0.4, -0.2) is 25.1 Å². The Labute approximate surface area is 147 Å². The van der Waals surface area contributed by atoms with Gasteiger partial charge in [-0.15, -0.1) is 0 Å². The minimum absolute atomic E-state index is 0.345. The van der Waals surface area contributed by atoms with Gasteiger partial charge in [0, 0.05) is 18.2 Å². The lowest BCUT2D eigenvalue weighted by atomic mass is 10.2. The normalized spacial score (nSPS) is 11.8. The number of amides is 1. The summed E-state index contributed by atoms with van der Waals surface area (Å²) in [4.78, 5) is 23.9. The lowest BCUT2D eigenvalue weighted by Gasteiger charge is -2.12. The number of esters is 1. The number of rotatable bonds is 7. The van der Waals surface area contributed by atoms with Crippen LogP contribution in [0.1, 0.15) is 18.1 Å². The molecule has 2 aromatic rings. The van der Waals surface area contributed by atoms with E-state index in [1.807, 2.05) is 48.5 Å². The molecule has 0 aliphatic carbocycles. The van der Waals surface area contributed by atoms with E-state index in [1.165, 1.54) is 13.0 Å². The van der Waals surface area contributed by atoms with Crippen molar-refractivity contribution in [2.45, 2.75) is 19.6 Å². The first-order valence-corrected chi connectivity index (χ1v) is 7.93. The summed E-state index contributed by atoms with van der Waals surface area (Å²) < 4.78 is 10.3. The quantitative estimate of drug-likeness (QED) is 0.622. The number of carbonyl (C=O) groups excluding carboxylic acids is 2. The molecule has 0 saturated heterocycles. The van der Waals surface area contributed by atoms with Crippen LogP contribution in [0.5, 0.6) is 5.75 Å². The lowest BCUT2D eigenvalue weighted by Crippen LogP contribution is -2.35. The summed E-state index contributed by atoms with van der Waals surface area (Å²) in [6, 6.07) is 16.8. The van der Waals surface area contributed by atoms with Crippen LogP contribution in [0, 0.1) is 0 Å². The SMILES string of the molecule is COc1ccccc1/C=C/C(=O)O[C@@H](C)C(=O)NCc1ccccc1. The Kier molecular flexibility index (Phi) is 6.77. The fourth-order valence-corrected chi connectivity index (χ4v) is 2.16. The molecule has 5 heteroatoms. The predicted octanol–water partition coefficient (Wildman–Crippen LogP) is 2.96. The maximum atomic E-state index is 12.0. The van der Waals surface area contributed by atoms with Gasteiger partial charge >= 0.3 is 5.97 Å². The molecule has 0 heterocycles. The highest BCUT2D eigenvalue weighted by atomic mass is 16.5. The van der Waals surface area contributed by atoms with E-state index in [4.69, 9.17) is 9.47 Å². The van der Waals surface area contributed by atoms with Gasteiger partial charge in [-0.3, -0.25) is 4.79 Å². The number of ether oxygens (including phenoxy) is 2. The van der Waals surface area contributed by atoms with Gasteiger partial charge in [0.25, 0.3) is 5.91 Å². The highest BCUT2D eigenvalue weighted by Crippen LogP contribution is 2.18. The van der Waals surface area contributed by atoms with Gasteiger partial charge < -0.3 is 14.8 Å². The molecule has 0 aliphatic heterocycles. The topological polar surface area (TPSA) is 64.6 Å². The number of hydrogen-bond acceptors (Lipinski definition) is 4. The standard InChI is InChI=1S/C20H21NO4/c1-15(20(23)21-14-16-8-4-3-5-9-16)25-19(22)13-12-17-10-6-7-11-18(17)24-2/h3-13,15H,14H2,1-2H3,(H,21,23)/b13-12+/t15-/m0/s1. The number of methoxy groups -OCH3 is 1. The predicted molar refractivity (Wildman–Crippen MR) is 95.9 cm³/mol. The van der Waals surface area contributed by atoms with Crippen molar-refractivity contribution in [2.75, 3.05) is 7.11 Å². The Morgan fingerprint density at radius 3 is 2.48 bits per heavy atom. The summed E-state index contributed by atoms with van der Waals surface area (Å²) in [5.74, 6) is -0.281. The van der Waals surface area contributed by atoms with Crippen LogP contribution in [0.25, 0.3) is 6.08 Å². The summed E-state index contributed by atoms with van der Waals surface area (Å²) in [7, 11) is 1.56. The Bertz CT molecular complexity index is 740. The number of benzene rings is 2. The molecular weight excluding hydrogens is 318 g/mol. The summed E-state index contributed by atoms with van der Waals surface area (Å²) in [6.07, 6.45) is 1.99. The van der Waals surface area contributed by atoms with Gasteiger partial charge in [0.1, 0.15) is 5.75 Å². The zero-order chi connectivity index (χ0) is 18.1. The molecule has 0 saturated carbocycles. The van der Waals surface area contributed by atoms with Crippen molar-refractivity contribution < 1.29 is 19.1 Å². The van der Waals surface area contributed by atoms with Gasteiger partial charge in [-0.25, -0.2) is 4.79 Å². The molecule has 0 fully saturated rings. The van der Waals surface area contributed by atoms with E-state index in [0.29, 0.717) is 12.3 Å².